The van der Waals surface area contributed by atoms with Gasteiger partial charge in [0.2, 0.25) is 0 Å². The van der Waals surface area contributed by atoms with Gasteiger partial charge in [0, 0.05) is 17.5 Å². The quantitative estimate of drug-likeness (QED) is 0.785. The van der Waals surface area contributed by atoms with E-state index in [-0.39, 0.29) is 5.82 Å². The molecule has 0 radical (unpaired) electrons. The third-order valence-corrected chi connectivity index (χ3v) is 3.71. The van der Waals surface area contributed by atoms with Crippen LogP contribution in [0.5, 0.6) is 0 Å². The Labute approximate surface area is 124 Å². The molecule has 2 aromatic rings. The van der Waals surface area contributed by atoms with Crippen LogP contribution in [0.1, 0.15) is 25.3 Å². The van der Waals surface area contributed by atoms with Crippen molar-refractivity contribution in [1.29, 1.82) is 0 Å². The van der Waals surface area contributed by atoms with Gasteiger partial charge in [-0.05, 0) is 29.7 Å². The first kappa shape index (κ1) is 14.9. The smallest absolute Gasteiger partial charge is 0.147 e. The van der Waals surface area contributed by atoms with Crippen molar-refractivity contribution in [2.45, 2.75) is 19.8 Å². The highest BCUT2D eigenvalue weighted by Crippen LogP contribution is 2.26. The molecule has 1 atom stereocenters. The molecule has 0 aromatic heterocycles. The summed E-state index contributed by atoms with van der Waals surface area (Å²) in [6, 6.07) is 15.0. The minimum Gasteiger partial charge on any atom is -0.382 e. The molecule has 20 heavy (non-hydrogen) atoms. The summed E-state index contributed by atoms with van der Waals surface area (Å²) in [5.41, 5.74) is 1.76. The molecule has 0 fully saturated rings. The maximum atomic E-state index is 13.8. The number of halogens is 2. The number of nitrogens with one attached hydrogen (secondary N) is 1. The van der Waals surface area contributed by atoms with Crippen molar-refractivity contribution in [3.05, 3.63) is 64.9 Å². The Morgan fingerprint density at radius 1 is 1.10 bits per heavy atom. The van der Waals surface area contributed by atoms with Crippen molar-refractivity contribution >= 4 is 17.3 Å². The van der Waals surface area contributed by atoms with Crippen LogP contribution in [-0.4, -0.2) is 6.54 Å². The molecule has 0 spiro atoms. The normalized spacial score (nSPS) is 12.4. The van der Waals surface area contributed by atoms with E-state index >= 15 is 0 Å². The van der Waals surface area contributed by atoms with Crippen LogP contribution in [-0.2, 0) is 0 Å². The van der Waals surface area contributed by atoms with Gasteiger partial charge in [0.1, 0.15) is 5.82 Å². The molecule has 0 aliphatic carbocycles. The number of hydrogen-bond donors (Lipinski definition) is 1. The first-order valence-corrected chi connectivity index (χ1v) is 7.19. The maximum absolute atomic E-state index is 13.8. The maximum Gasteiger partial charge on any atom is 0.147 e. The second-order valence-corrected chi connectivity index (χ2v) is 5.70. The molecule has 0 heterocycles. The Bertz CT molecular complexity index is 554. The van der Waals surface area contributed by atoms with E-state index in [4.69, 9.17) is 11.6 Å². The fourth-order valence-corrected chi connectivity index (χ4v) is 2.45. The summed E-state index contributed by atoms with van der Waals surface area (Å²) < 4.78 is 13.8. The molecule has 106 valence electrons. The van der Waals surface area contributed by atoms with Crippen molar-refractivity contribution in [2.75, 3.05) is 11.9 Å². The van der Waals surface area contributed by atoms with E-state index in [0.29, 0.717) is 29.1 Å². The first-order valence-electron chi connectivity index (χ1n) is 6.82. The van der Waals surface area contributed by atoms with E-state index in [1.807, 2.05) is 18.2 Å². The highest BCUT2D eigenvalue weighted by atomic mass is 35.5. The molecule has 0 aliphatic rings. The fraction of sp³-hybridized carbons (Fsp3) is 0.294. The number of hydrogen-bond acceptors (Lipinski definition) is 1. The average Bonchev–Trinajstić information content (AvgIpc) is 2.42. The van der Waals surface area contributed by atoms with Crippen LogP contribution in [0.4, 0.5) is 10.1 Å². The van der Waals surface area contributed by atoms with Crippen molar-refractivity contribution in [3.63, 3.8) is 0 Å². The van der Waals surface area contributed by atoms with Gasteiger partial charge in [-0.1, -0.05) is 55.8 Å². The lowest BCUT2D eigenvalue weighted by Gasteiger charge is -2.22. The van der Waals surface area contributed by atoms with Gasteiger partial charge in [-0.2, -0.15) is 0 Å². The monoisotopic (exact) mass is 291 g/mol. The Hall–Kier alpha value is -1.54. The van der Waals surface area contributed by atoms with Gasteiger partial charge >= 0.3 is 0 Å². The summed E-state index contributed by atoms with van der Waals surface area (Å²) in [6.45, 7) is 5.05. The minimum absolute atomic E-state index is 0.312. The number of anilines is 1. The van der Waals surface area contributed by atoms with Crippen LogP contribution in [0.25, 0.3) is 0 Å². The van der Waals surface area contributed by atoms with Crippen molar-refractivity contribution in [3.8, 4) is 0 Å². The molecule has 0 bridgehead atoms. The molecule has 0 aliphatic heterocycles. The summed E-state index contributed by atoms with van der Waals surface area (Å²) in [7, 11) is 0. The van der Waals surface area contributed by atoms with Crippen LogP contribution in [0, 0.1) is 11.7 Å². The number of benzene rings is 2. The number of rotatable bonds is 5. The largest absolute Gasteiger partial charge is 0.382 e. The molecule has 2 rings (SSSR count). The second kappa shape index (κ2) is 6.76. The summed E-state index contributed by atoms with van der Waals surface area (Å²) in [5, 5.41) is 3.60. The lowest BCUT2D eigenvalue weighted by Crippen LogP contribution is -2.18. The van der Waals surface area contributed by atoms with E-state index in [1.54, 1.807) is 12.1 Å². The van der Waals surface area contributed by atoms with Crippen molar-refractivity contribution in [2.24, 2.45) is 5.92 Å². The second-order valence-electron chi connectivity index (χ2n) is 5.27. The highest BCUT2D eigenvalue weighted by Gasteiger charge is 2.16. The molecule has 0 saturated carbocycles. The van der Waals surface area contributed by atoms with E-state index in [9.17, 15) is 4.39 Å². The molecule has 2 aromatic carbocycles. The van der Waals surface area contributed by atoms with E-state index < -0.39 is 0 Å². The SMILES string of the molecule is CC(C)C(CNc1ccc(Cl)cc1F)c1ccccc1. The molecular formula is C17H19ClFN. The molecule has 1 nitrogen and oxygen atoms in total. The van der Waals surface area contributed by atoms with Gasteiger partial charge in [-0.25, -0.2) is 4.39 Å². The molecule has 3 heteroatoms. The Morgan fingerprint density at radius 3 is 2.40 bits per heavy atom. The third kappa shape index (κ3) is 3.73. The Kier molecular flexibility index (Phi) is 5.02. The topological polar surface area (TPSA) is 12.0 Å². The van der Waals surface area contributed by atoms with Gasteiger partial charge in [0.15, 0.2) is 0 Å². The Morgan fingerprint density at radius 2 is 1.80 bits per heavy atom. The molecular weight excluding hydrogens is 273 g/mol. The zero-order valence-corrected chi connectivity index (χ0v) is 12.5. The summed E-state index contributed by atoms with van der Waals surface area (Å²) >= 11 is 5.76. The lowest BCUT2D eigenvalue weighted by molar-refractivity contribution is 0.515. The minimum atomic E-state index is -0.312. The third-order valence-electron chi connectivity index (χ3n) is 3.48. The van der Waals surface area contributed by atoms with Crippen LogP contribution in [0.3, 0.4) is 0 Å². The first-order chi connectivity index (χ1) is 9.58. The zero-order valence-electron chi connectivity index (χ0n) is 11.7. The van der Waals surface area contributed by atoms with E-state index in [0.717, 1.165) is 0 Å². The predicted molar refractivity (Wildman–Crippen MR) is 83.9 cm³/mol. The van der Waals surface area contributed by atoms with Crippen LogP contribution in [0.15, 0.2) is 48.5 Å². The van der Waals surface area contributed by atoms with Gasteiger partial charge in [0.05, 0.1) is 5.69 Å². The van der Waals surface area contributed by atoms with Gasteiger partial charge in [-0.15, -0.1) is 0 Å². The molecule has 0 saturated heterocycles. The summed E-state index contributed by atoms with van der Waals surface area (Å²) in [5.74, 6) is 0.500. The lowest BCUT2D eigenvalue weighted by atomic mass is 9.88. The van der Waals surface area contributed by atoms with Gasteiger partial charge in [0.25, 0.3) is 0 Å². The zero-order chi connectivity index (χ0) is 14.5. The van der Waals surface area contributed by atoms with Crippen LogP contribution in [0.2, 0.25) is 5.02 Å². The molecule has 1 unspecified atom stereocenters. The average molecular weight is 292 g/mol. The van der Waals surface area contributed by atoms with Gasteiger partial charge < -0.3 is 5.32 Å². The fourth-order valence-electron chi connectivity index (χ4n) is 2.29. The molecule has 1 N–H and O–H groups in total. The van der Waals surface area contributed by atoms with Crippen molar-refractivity contribution in [1.82, 2.24) is 0 Å². The van der Waals surface area contributed by atoms with Crippen LogP contribution < -0.4 is 5.32 Å². The van der Waals surface area contributed by atoms with Crippen LogP contribution >= 0.6 is 11.6 Å². The standard InChI is InChI=1S/C17H19ClFN/c1-12(2)15(13-6-4-3-5-7-13)11-20-17-9-8-14(18)10-16(17)19/h3-10,12,15,20H,11H2,1-2H3. The highest BCUT2D eigenvalue weighted by molar-refractivity contribution is 6.30. The van der Waals surface area contributed by atoms with Crippen molar-refractivity contribution < 1.29 is 4.39 Å². The van der Waals surface area contributed by atoms with E-state index in [1.165, 1.54) is 11.6 Å². The Balaban J connectivity index is 2.10. The summed E-state index contributed by atoms with van der Waals surface area (Å²) in [4.78, 5) is 0. The van der Waals surface area contributed by atoms with E-state index in [2.05, 4.69) is 31.3 Å². The predicted octanol–water partition coefficient (Wildman–Crippen LogP) is 5.33. The molecule has 0 amide bonds. The summed E-state index contributed by atoms with van der Waals surface area (Å²) in [6.07, 6.45) is 0. The van der Waals surface area contributed by atoms with Gasteiger partial charge in [-0.3, -0.25) is 0 Å².